The van der Waals surface area contributed by atoms with Crippen LogP contribution in [0.1, 0.15) is 382 Å². The van der Waals surface area contributed by atoms with Crippen molar-refractivity contribution < 1.29 is 80.2 Å². The summed E-state index contributed by atoms with van der Waals surface area (Å²) in [5.74, 6) is 0.245. The average Bonchev–Trinajstić information content (AvgIpc) is 1.87. The van der Waals surface area contributed by atoms with Gasteiger partial charge >= 0.3 is 39.5 Å². The molecule has 0 aliphatic carbocycles. The summed E-state index contributed by atoms with van der Waals surface area (Å²) in [6.45, 7) is 11.9. The number of hydrogen-bond acceptors (Lipinski definition) is 15. The Morgan fingerprint density at radius 1 is 0.309 bits per heavy atom. The molecule has 0 aliphatic heterocycles. The monoisotopic (exact) mass is 1380 g/mol. The summed E-state index contributed by atoms with van der Waals surface area (Å²) in [7, 11) is -9.91. The third kappa shape index (κ3) is 66.0. The maximum atomic E-state index is 13.1. The quantitative estimate of drug-likeness (QED) is 0.0222. The molecule has 0 fully saturated rings. The molecule has 0 saturated heterocycles. The van der Waals surface area contributed by atoms with Gasteiger partial charge in [-0.3, -0.25) is 37.3 Å². The molecular weight excluding hydrogens is 1230 g/mol. The minimum atomic E-state index is -4.96. The van der Waals surface area contributed by atoms with Gasteiger partial charge in [0.25, 0.3) is 0 Å². The molecule has 0 amide bonds. The molecule has 7 atom stereocenters. The summed E-state index contributed by atoms with van der Waals surface area (Å²) in [4.78, 5) is 72.7. The first-order valence-electron chi connectivity index (χ1n) is 38.9. The second-order valence-corrected chi connectivity index (χ2v) is 30.9. The summed E-state index contributed by atoms with van der Waals surface area (Å²) >= 11 is 0. The normalized spacial score (nSPS) is 14.7. The van der Waals surface area contributed by atoms with E-state index in [2.05, 4.69) is 48.5 Å². The molecule has 0 radical (unpaired) electrons. The van der Waals surface area contributed by atoms with Crippen LogP contribution in [0.3, 0.4) is 0 Å². The van der Waals surface area contributed by atoms with Crippen molar-refractivity contribution in [3.63, 3.8) is 0 Å². The van der Waals surface area contributed by atoms with Crippen LogP contribution in [-0.4, -0.2) is 96.7 Å². The van der Waals surface area contributed by atoms with Gasteiger partial charge in [-0.25, -0.2) is 9.13 Å². The Kier molecular flexibility index (Phi) is 64.3. The molecule has 17 nitrogen and oxygen atoms in total. The molecule has 0 heterocycles. The van der Waals surface area contributed by atoms with E-state index in [1.54, 1.807) is 0 Å². The SMILES string of the molecule is CCCCCCCCCCCC(=O)OC[C@H](COP(=O)(O)OC[C@H](O)COP(=O)(O)OC[C@@H](COC(=O)CCCCCCCCCCC(C)CC)OC(=O)CCCCCCCCCCCCCCCCCCCCC(C)C)OC(=O)CCCCCCCCCCC(C)CC. The van der Waals surface area contributed by atoms with Crippen molar-refractivity contribution in [3.05, 3.63) is 0 Å². The summed E-state index contributed by atoms with van der Waals surface area (Å²) in [5.41, 5.74) is 0. The van der Waals surface area contributed by atoms with Crippen molar-refractivity contribution in [1.29, 1.82) is 0 Å². The van der Waals surface area contributed by atoms with Crippen molar-refractivity contribution in [2.75, 3.05) is 39.6 Å². The number of ether oxygens (including phenoxy) is 4. The first-order valence-corrected chi connectivity index (χ1v) is 41.9. The van der Waals surface area contributed by atoms with E-state index in [1.807, 2.05) is 0 Å². The van der Waals surface area contributed by atoms with E-state index in [4.69, 9.17) is 37.0 Å². The van der Waals surface area contributed by atoms with Gasteiger partial charge in [0.1, 0.15) is 19.3 Å². The third-order valence-corrected chi connectivity index (χ3v) is 20.0. The predicted molar refractivity (Wildman–Crippen MR) is 381 cm³/mol. The Balaban J connectivity index is 5.19. The first-order chi connectivity index (χ1) is 45.3. The highest BCUT2D eigenvalue weighted by atomic mass is 31.2. The van der Waals surface area contributed by atoms with E-state index in [1.165, 1.54) is 193 Å². The Hall–Kier alpha value is -1.94. The van der Waals surface area contributed by atoms with Crippen LogP contribution < -0.4 is 0 Å². The Labute approximate surface area is 575 Å². The average molecular weight is 1380 g/mol. The number of esters is 4. The fraction of sp³-hybridized carbons (Fsp3) is 0.947. The molecule has 0 aromatic heterocycles. The number of unbranched alkanes of at least 4 members (excludes halogenated alkanes) is 39. The zero-order valence-electron chi connectivity index (χ0n) is 61.4. The minimum Gasteiger partial charge on any atom is -0.462 e. The number of aliphatic hydroxyl groups excluding tert-OH is 1. The summed E-state index contributed by atoms with van der Waals surface area (Å²) < 4.78 is 68.4. The molecule has 0 saturated carbocycles. The number of hydrogen-bond donors (Lipinski definition) is 3. The van der Waals surface area contributed by atoms with Crippen molar-refractivity contribution in [2.24, 2.45) is 17.8 Å². The van der Waals surface area contributed by atoms with Gasteiger partial charge in [-0.15, -0.1) is 0 Å². The predicted octanol–water partition coefficient (Wildman–Crippen LogP) is 21.8. The Bertz CT molecular complexity index is 1840. The maximum Gasteiger partial charge on any atom is 0.472 e. The van der Waals surface area contributed by atoms with E-state index >= 15 is 0 Å². The van der Waals surface area contributed by atoms with E-state index in [9.17, 15) is 43.2 Å². The molecule has 4 unspecified atom stereocenters. The molecule has 0 rings (SSSR count). The van der Waals surface area contributed by atoms with Gasteiger partial charge in [0, 0.05) is 25.7 Å². The fourth-order valence-corrected chi connectivity index (χ4v) is 12.9. The van der Waals surface area contributed by atoms with Gasteiger partial charge in [-0.1, -0.05) is 331 Å². The van der Waals surface area contributed by atoms with Gasteiger partial charge in [0.05, 0.1) is 26.4 Å². The molecule has 0 aromatic rings. The van der Waals surface area contributed by atoms with Gasteiger partial charge in [0.15, 0.2) is 12.2 Å². The van der Waals surface area contributed by atoms with Crippen molar-refractivity contribution >= 4 is 39.5 Å². The Morgan fingerprint density at radius 2 is 0.543 bits per heavy atom. The fourth-order valence-electron chi connectivity index (χ4n) is 11.4. The summed E-state index contributed by atoms with van der Waals surface area (Å²) in [6.07, 6.45) is 51.3. The highest BCUT2D eigenvalue weighted by Crippen LogP contribution is 2.45. The molecule has 19 heteroatoms. The standard InChI is InChI=1S/C75H146O17P2/c1-8-11-12-13-14-25-35-42-49-56-72(77)85-62-71(92-75(80)59-52-45-38-31-29-34-41-48-55-68(7)10-3)65-90-94(83,84)88-61-69(76)60-87-93(81,82)89-64-70(63-86-73(78)57-50-43-36-30-28-33-40-47-54-67(6)9-2)91-74(79)58-51-44-37-27-24-22-20-18-16-15-17-19-21-23-26-32-39-46-53-66(4)5/h66-71,76H,8-65H2,1-7H3,(H,81,82)(H,83,84)/t67?,68?,69-,70-,71-/m1/s1. The number of rotatable bonds is 73. The van der Waals surface area contributed by atoms with Crippen LogP contribution in [0.4, 0.5) is 0 Å². The molecule has 558 valence electrons. The molecule has 0 spiro atoms. The van der Waals surface area contributed by atoms with Crippen LogP contribution >= 0.6 is 15.6 Å². The molecule has 3 N–H and O–H groups in total. The highest BCUT2D eigenvalue weighted by molar-refractivity contribution is 7.47. The molecular formula is C75H146O17P2. The zero-order chi connectivity index (χ0) is 69.4. The minimum absolute atomic E-state index is 0.105. The van der Waals surface area contributed by atoms with Crippen LogP contribution in [0, 0.1) is 17.8 Å². The van der Waals surface area contributed by atoms with Crippen LogP contribution in [0.2, 0.25) is 0 Å². The smallest absolute Gasteiger partial charge is 0.462 e. The van der Waals surface area contributed by atoms with Gasteiger partial charge in [-0.2, -0.15) is 0 Å². The van der Waals surface area contributed by atoms with Gasteiger partial charge < -0.3 is 33.8 Å². The van der Waals surface area contributed by atoms with Crippen molar-refractivity contribution in [1.82, 2.24) is 0 Å². The van der Waals surface area contributed by atoms with Gasteiger partial charge in [0.2, 0.25) is 0 Å². The van der Waals surface area contributed by atoms with E-state index in [-0.39, 0.29) is 25.7 Å². The lowest BCUT2D eigenvalue weighted by atomic mass is 9.99. The molecule has 94 heavy (non-hydrogen) atoms. The van der Waals surface area contributed by atoms with Crippen LogP contribution in [-0.2, 0) is 65.4 Å². The molecule has 0 aromatic carbocycles. The number of carbonyl (C=O) groups is 4. The zero-order valence-corrected chi connectivity index (χ0v) is 63.2. The number of phosphoric ester groups is 2. The van der Waals surface area contributed by atoms with E-state index in [0.29, 0.717) is 25.7 Å². The number of carbonyl (C=O) groups excluding carboxylic acids is 4. The third-order valence-electron chi connectivity index (χ3n) is 18.1. The van der Waals surface area contributed by atoms with Crippen LogP contribution in [0.25, 0.3) is 0 Å². The second kappa shape index (κ2) is 65.7. The van der Waals surface area contributed by atoms with Crippen LogP contribution in [0.15, 0.2) is 0 Å². The van der Waals surface area contributed by atoms with Gasteiger partial charge in [-0.05, 0) is 43.4 Å². The summed E-state index contributed by atoms with van der Waals surface area (Å²) in [6, 6.07) is 0. The summed E-state index contributed by atoms with van der Waals surface area (Å²) in [5, 5.41) is 10.6. The first kappa shape index (κ1) is 92.1. The maximum absolute atomic E-state index is 13.1. The lowest BCUT2D eigenvalue weighted by Gasteiger charge is -2.21. The number of phosphoric acid groups is 2. The molecule has 0 aliphatic rings. The van der Waals surface area contributed by atoms with E-state index in [0.717, 1.165) is 108 Å². The lowest BCUT2D eigenvalue weighted by Crippen LogP contribution is -2.30. The Morgan fingerprint density at radius 3 is 0.809 bits per heavy atom. The topological polar surface area (TPSA) is 237 Å². The van der Waals surface area contributed by atoms with Crippen molar-refractivity contribution in [3.8, 4) is 0 Å². The number of aliphatic hydroxyl groups is 1. The highest BCUT2D eigenvalue weighted by Gasteiger charge is 2.30. The largest absolute Gasteiger partial charge is 0.472 e. The second-order valence-electron chi connectivity index (χ2n) is 28.0. The molecule has 0 bridgehead atoms. The van der Waals surface area contributed by atoms with E-state index < -0.39 is 97.5 Å². The van der Waals surface area contributed by atoms with Crippen LogP contribution in [0.5, 0.6) is 0 Å². The van der Waals surface area contributed by atoms with Crippen molar-refractivity contribution in [2.45, 2.75) is 401 Å². The lowest BCUT2D eigenvalue weighted by molar-refractivity contribution is -0.161.